The number of fused-ring (bicyclic) bond motifs is 1. The Morgan fingerprint density at radius 3 is 2.41 bits per heavy atom. The Morgan fingerprint density at radius 1 is 1.00 bits per heavy atom. The Labute approximate surface area is 131 Å². The van der Waals surface area contributed by atoms with Crippen LogP contribution in [0.2, 0.25) is 0 Å². The topological polar surface area (TPSA) is 59.1 Å². The number of carbonyl (C=O) groups excluding carboxylic acids is 2. The van der Waals surface area contributed by atoms with Crippen LogP contribution in [0.3, 0.4) is 0 Å². The Morgan fingerprint density at radius 2 is 1.68 bits per heavy atom. The lowest BCUT2D eigenvalue weighted by molar-refractivity contribution is -0.112. The Balaban J connectivity index is 1.80. The predicted molar refractivity (Wildman–Crippen MR) is 88.5 cm³/mol. The molecule has 0 saturated heterocycles. The molecule has 1 aromatic heterocycles. The van der Waals surface area contributed by atoms with Crippen LogP contribution in [-0.2, 0) is 4.79 Å². The first-order valence-electron chi connectivity index (χ1n) is 6.82. The van der Waals surface area contributed by atoms with Crippen molar-refractivity contribution < 1.29 is 9.59 Å². The van der Waals surface area contributed by atoms with E-state index in [-0.39, 0.29) is 0 Å². The molecule has 0 bridgehead atoms. The molecule has 0 atom stereocenters. The van der Waals surface area contributed by atoms with Crippen LogP contribution in [0.25, 0.3) is 10.2 Å². The van der Waals surface area contributed by atoms with Crippen LogP contribution >= 0.6 is 11.3 Å². The minimum Gasteiger partial charge on any atom is -0.295 e. The Hall–Kier alpha value is -2.53. The highest BCUT2D eigenvalue weighted by Gasteiger charge is 2.17. The fourth-order valence-electron chi connectivity index (χ4n) is 2.08. The van der Waals surface area contributed by atoms with Crippen LogP contribution in [0.15, 0.2) is 42.5 Å². The summed E-state index contributed by atoms with van der Waals surface area (Å²) in [6, 6.07) is 12.8. The number of nitrogens with zero attached hydrogens (tertiary/aromatic N) is 1. The van der Waals surface area contributed by atoms with Gasteiger partial charge in [0.15, 0.2) is 5.13 Å². The Kier molecular flexibility index (Phi) is 3.73. The van der Waals surface area contributed by atoms with Gasteiger partial charge in [0.25, 0.3) is 11.7 Å². The lowest BCUT2D eigenvalue weighted by Gasteiger charge is -2.01. The largest absolute Gasteiger partial charge is 0.298 e. The number of amides is 1. The van der Waals surface area contributed by atoms with Crippen molar-refractivity contribution in [3.8, 4) is 0 Å². The van der Waals surface area contributed by atoms with Crippen LogP contribution in [0.1, 0.15) is 21.5 Å². The molecule has 110 valence electrons. The minimum atomic E-state index is -0.667. The number of Topliss-reactive ketones (excluding diaryl/α,β-unsaturated/α-hetero) is 1. The van der Waals surface area contributed by atoms with Crippen molar-refractivity contribution in [2.75, 3.05) is 5.32 Å². The first-order valence-corrected chi connectivity index (χ1v) is 7.64. The molecular formula is C17H14N2O2S. The van der Waals surface area contributed by atoms with Gasteiger partial charge in [-0.15, -0.1) is 0 Å². The predicted octanol–water partition coefficient (Wildman–Crippen LogP) is 3.73. The van der Waals surface area contributed by atoms with Crippen molar-refractivity contribution in [3.05, 3.63) is 59.2 Å². The molecular weight excluding hydrogens is 296 g/mol. The fourth-order valence-corrected chi connectivity index (χ4v) is 3.03. The number of benzene rings is 2. The maximum atomic E-state index is 12.1. The van der Waals surface area contributed by atoms with Crippen LogP contribution < -0.4 is 5.32 Å². The highest BCUT2D eigenvalue weighted by atomic mass is 32.1. The molecule has 0 aliphatic carbocycles. The molecule has 0 aliphatic rings. The van der Waals surface area contributed by atoms with Gasteiger partial charge in [0.05, 0.1) is 10.2 Å². The van der Waals surface area contributed by atoms with Gasteiger partial charge in [-0.25, -0.2) is 4.98 Å². The van der Waals surface area contributed by atoms with Crippen molar-refractivity contribution in [1.82, 2.24) is 4.98 Å². The zero-order valence-corrected chi connectivity index (χ0v) is 13.0. The number of anilines is 1. The van der Waals surface area contributed by atoms with E-state index in [4.69, 9.17) is 0 Å². The van der Waals surface area contributed by atoms with Gasteiger partial charge in [-0.2, -0.15) is 0 Å². The van der Waals surface area contributed by atoms with E-state index in [1.54, 1.807) is 24.3 Å². The summed E-state index contributed by atoms with van der Waals surface area (Å²) in [6.45, 7) is 3.93. The third kappa shape index (κ3) is 2.89. The van der Waals surface area contributed by atoms with Gasteiger partial charge in [0.1, 0.15) is 0 Å². The van der Waals surface area contributed by atoms with E-state index in [1.165, 1.54) is 11.3 Å². The zero-order valence-electron chi connectivity index (χ0n) is 12.2. The molecule has 3 aromatic rings. The SMILES string of the molecule is Cc1ccc(C(=O)C(=O)Nc2nc3ccc(C)cc3s2)cc1. The minimum absolute atomic E-state index is 0.375. The standard InChI is InChI=1S/C17H14N2O2S/c1-10-3-6-12(7-4-10)15(20)16(21)19-17-18-13-8-5-11(2)9-14(13)22-17/h3-9H,1-2H3,(H,18,19,21). The highest BCUT2D eigenvalue weighted by molar-refractivity contribution is 7.22. The van der Waals surface area contributed by atoms with Crippen molar-refractivity contribution >= 4 is 38.4 Å². The number of aryl methyl sites for hydroxylation is 2. The van der Waals surface area contributed by atoms with Gasteiger partial charge in [-0.3, -0.25) is 14.9 Å². The fraction of sp³-hybridized carbons (Fsp3) is 0.118. The van der Waals surface area contributed by atoms with Gasteiger partial charge in [-0.1, -0.05) is 47.2 Å². The number of hydrogen-bond donors (Lipinski definition) is 1. The van der Waals surface area contributed by atoms with E-state index in [9.17, 15) is 9.59 Å². The summed E-state index contributed by atoms with van der Waals surface area (Å²) in [5, 5.41) is 3.02. The number of rotatable bonds is 3. The van der Waals surface area contributed by atoms with E-state index < -0.39 is 11.7 Å². The molecule has 0 spiro atoms. The van der Waals surface area contributed by atoms with Gasteiger partial charge >= 0.3 is 0 Å². The second kappa shape index (κ2) is 5.69. The summed E-state index contributed by atoms with van der Waals surface area (Å²) in [4.78, 5) is 28.5. The van der Waals surface area contributed by atoms with E-state index in [0.29, 0.717) is 10.7 Å². The highest BCUT2D eigenvalue weighted by Crippen LogP contribution is 2.26. The first-order chi connectivity index (χ1) is 10.5. The third-order valence-corrected chi connectivity index (χ3v) is 4.22. The maximum absolute atomic E-state index is 12.1. The molecule has 0 unspecified atom stereocenters. The van der Waals surface area contributed by atoms with Crippen LogP contribution in [-0.4, -0.2) is 16.7 Å². The molecule has 1 N–H and O–H groups in total. The summed E-state index contributed by atoms with van der Waals surface area (Å²) < 4.78 is 0.984. The number of nitrogens with one attached hydrogen (secondary N) is 1. The number of aromatic nitrogens is 1. The second-order valence-corrected chi connectivity index (χ2v) is 6.17. The number of carbonyl (C=O) groups is 2. The molecule has 5 heteroatoms. The van der Waals surface area contributed by atoms with E-state index in [1.807, 2.05) is 32.0 Å². The van der Waals surface area contributed by atoms with Crippen LogP contribution in [0.4, 0.5) is 5.13 Å². The van der Waals surface area contributed by atoms with Crippen LogP contribution in [0.5, 0.6) is 0 Å². The first kappa shape index (κ1) is 14.4. The normalized spacial score (nSPS) is 10.6. The van der Waals surface area contributed by atoms with Crippen molar-refractivity contribution in [2.45, 2.75) is 13.8 Å². The average molecular weight is 310 g/mol. The molecule has 4 nitrogen and oxygen atoms in total. The summed E-state index contributed by atoms with van der Waals surface area (Å²) >= 11 is 1.36. The Bertz CT molecular complexity index is 866. The lowest BCUT2D eigenvalue weighted by atomic mass is 10.1. The summed E-state index contributed by atoms with van der Waals surface area (Å²) in [5.41, 5.74) is 3.36. The molecule has 22 heavy (non-hydrogen) atoms. The van der Waals surface area contributed by atoms with Crippen LogP contribution in [0, 0.1) is 13.8 Å². The summed E-state index contributed by atoms with van der Waals surface area (Å²) in [7, 11) is 0. The number of ketones is 1. The lowest BCUT2D eigenvalue weighted by Crippen LogP contribution is -2.22. The quantitative estimate of drug-likeness (QED) is 0.592. The smallest absolute Gasteiger partial charge is 0.295 e. The maximum Gasteiger partial charge on any atom is 0.298 e. The van der Waals surface area contributed by atoms with Crippen molar-refractivity contribution in [1.29, 1.82) is 0 Å². The zero-order chi connectivity index (χ0) is 15.7. The second-order valence-electron chi connectivity index (χ2n) is 5.14. The number of hydrogen-bond acceptors (Lipinski definition) is 4. The molecule has 0 radical (unpaired) electrons. The average Bonchev–Trinajstić information content (AvgIpc) is 2.88. The molecule has 2 aromatic carbocycles. The van der Waals surface area contributed by atoms with E-state index >= 15 is 0 Å². The van der Waals surface area contributed by atoms with Gasteiger partial charge in [-0.05, 0) is 31.5 Å². The molecule has 0 aliphatic heterocycles. The monoisotopic (exact) mass is 310 g/mol. The van der Waals surface area contributed by atoms with Gasteiger partial charge in [0.2, 0.25) is 0 Å². The molecule has 0 fully saturated rings. The van der Waals surface area contributed by atoms with Gasteiger partial charge < -0.3 is 0 Å². The van der Waals surface area contributed by atoms with E-state index in [2.05, 4.69) is 10.3 Å². The van der Waals surface area contributed by atoms with Gasteiger partial charge in [0, 0.05) is 5.56 Å². The molecule has 1 heterocycles. The summed E-state index contributed by atoms with van der Waals surface area (Å²) in [6.07, 6.45) is 0. The molecule has 3 rings (SSSR count). The third-order valence-electron chi connectivity index (χ3n) is 3.28. The molecule has 0 saturated carbocycles. The molecule has 1 amide bonds. The van der Waals surface area contributed by atoms with Crippen molar-refractivity contribution in [2.24, 2.45) is 0 Å². The summed E-state index contributed by atoms with van der Waals surface area (Å²) in [5.74, 6) is -1.23. The van der Waals surface area contributed by atoms with Crippen molar-refractivity contribution in [3.63, 3.8) is 0 Å². The van der Waals surface area contributed by atoms with E-state index in [0.717, 1.165) is 21.3 Å². The number of thiazole rings is 1.